The van der Waals surface area contributed by atoms with Crippen molar-refractivity contribution in [2.75, 3.05) is 25.8 Å². The van der Waals surface area contributed by atoms with Crippen molar-refractivity contribution in [3.05, 3.63) is 40.9 Å². The Morgan fingerprint density at radius 3 is 2.83 bits per heavy atom. The van der Waals surface area contributed by atoms with Crippen LogP contribution in [0, 0.1) is 0 Å². The van der Waals surface area contributed by atoms with Crippen LogP contribution in [0.1, 0.15) is 5.56 Å². The van der Waals surface area contributed by atoms with Gasteiger partial charge in [-0.25, -0.2) is 4.98 Å². The van der Waals surface area contributed by atoms with E-state index in [1.54, 1.807) is 11.8 Å². The molecule has 124 valence electrons. The lowest BCUT2D eigenvalue weighted by atomic mass is 10.2. The Morgan fingerprint density at radius 2 is 2.04 bits per heavy atom. The summed E-state index contributed by atoms with van der Waals surface area (Å²) in [4.78, 5) is 10.0. The van der Waals surface area contributed by atoms with Gasteiger partial charge in [0.2, 0.25) is 6.79 Å². The summed E-state index contributed by atoms with van der Waals surface area (Å²) in [5, 5.41) is 1.61. The van der Waals surface area contributed by atoms with Crippen molar-refractivity contribution in [1.82, 2.24) is 9.97 Å². The van der Waals surface area contributed by atoms with E-state index in [1.807, 2.05) is 38.4 Å². The number of hydrogen-bond acceptors (Lipinski definition) is 5. The van der Waals surface area contributed by atoms with Crippen LogP contribution in [-0.2, 0) is 5.75 Å². The Kier molecular flexibility index (Phi) is 3.94. The van der Waals surface area contributed by atoms with Gasteiger partial charge in [0.15, 0.2) is 16.7 Å². The molecule has 0 fully saturated rings. The smallest absolute Gasteiger partial charge is 0.231 e. The molecule has 0 saturated carbocycles. The molecule has 0 unspecified atom stereocenters. The molecule has 1 aromatic heterocycles. The van der Waals surface area contributed by atoms with Crippen molar-refractivity contribution in [2.24, 2.45) is 0 Å². The molecule has 1 aliphatic rings. The first-order valence-corrected chi connectivity index (χ1v) is 8.85. The van der Waals surface area contributed by atoms with Crippen LogP contribution >= 0.6 is 23.4 Å². The number of nitrogens with zero attached hydrogens (tertiary/aromatic N) is 2. The number of imidazole rings is 1. The molecule has 0 atom stereocenters. The van der Waals surface area contributed by atoms with Gasteiger partial charge in [0.25, 0.3) is 0 Å². The van der Waals surface area contributed by atoms with Crippen molar-refractivity contribution in [2.45, 2.75) is 10.9 Å². The molecule has 5 nitrogen and oxygen atoms in total. The highest BCUT2D eigenvalue weighted by Crippen LogP contribution is 2.37. The molecule has 0 spiro atoms. The van der Waals surface area contributed by atoms with Crippen LogP contribution in [0.2, 0.25) is 5.02 Å². The van der Waals surface area contributed by atoms with E-state index in [1.165, 1.54) is 0 Å². The van der Waals surface area contributed by atoms with Crippen molar-refractivity contribution in [1.29, 1.82) is 0 Å². The Bertz CT molecular complexity index is 869. The summed E-state index contributed by atoms with van der Waals surface area (Å²) in [6.07, 6.45) is 0. The molecule has 2 aromatic carbocycles. The number of thioether (sulfide) groups is 1. The summed E-state index contributed by atoms with van der Waals surface area (Å²) >= 11 is 8.01. The Morgan fingerprint density at radius 1 is 1.25 bits per heavy atom. The molecule has 0 bridgehead atoms. The molecule has 0 amide bonds. The summed E-state index contributed by atoms with van der Waals surface area (Å²) in [6.45, 7) is 0.267. The fourth-order valence-corrected chi connectivity index (χ4v) is 3.94. The van der Waals surface area contributed by atoms with Crippen LogP contribution in [-0.4, -0.2) is 30.9 Å². The van der Waals surface area contributed by atoms with E-state index in [0.29, 0.717) is 0 Å². The van der Waals surface area contributed by atoms with E-state index in [9.17, 15) is 0 Å². The second-order valence-electron chi connectivity index (χ2n) is 5.69. The highest BCUT2D eigenvalue weighted by Gasteiger charge is 2.17. The first-order chi connectivity index (χ1) is 11.6. The lowest BCUT2D eigenvalue weighted by molar-refractivity contribution is 0.174. The van der Waals surface area contributed by atoms with Crippen LogP contribution in [0.25, 0.3) is 11.0 Å². The van der Waals surface area contributed by atoms with E-state index in [0.717, 1.165) is 49.7 Å². The van der Waals surface area contributed by atoms with Crippen LogP contribution in [0.15, 0.2) is 35.5 Å². The van der Waals surface area contributed by atoms with Crippen LogP contribution < -0.4 is 14.4 Å². The Balaban J connectivity index is 1.60. The van der Waals surface area contributed by atoms with Gasteiger partial charge >= 0.3 is 0 Å². The summed E-state index contributed by atoms with van der Waals surface area (Å²) in [5.41, 5.74) is 4.03. The van der Waals surface area contributed by atoms with Crippen molar-refractivity contribution in [3.8, 4) is 11.5 Å². The van der Waals surface area contributed by atoms with Crippen LogP contribution in [0.4, 0.5) is 5.69 Å². The minimum atomic E-state index is 0.267. The maximum Gasteiger partial charge on any atom is 0.231 e. The van der Waals surface area contributed by atoms with Gasteiger partial charge in [-0.15, -0.1) is 0 Å². The molecule has 0 radical (unpaired) electrons. The Labute approximate surface area is 148 Å². The van der Waals surface area contributed by atoms with Gasteiger partial charge in [0.05, 0.1) is 11.0 Å². The zero-order valence-electron chi connectivity index (χ0n) is 13.3. The number of aromatic amines is 1. The number of H-pyrrole nitrogens is 1. The standard InChI is InChI=1S/C17H16ClN3O2S/c1-21(2)14-5-3-4-11(18)10(14)8-24-17-19-12-6-15-16(23-9-22-15)7-13(12)20-17/h3-7H,8-9H2,1-2H3,(H,19,20). The minimum absolute atomic E-state index is 0.267. The molecule has 4 rings (SSSR count). The molecule has 7 heteroatoms. The molecule has 1 N–H and O–H groups in total. The largest absolute Gasteiger partial charge is 0.454 e. The quantitative estimate of drug-likeness (QED) is 0.702. The number of ether oxygens (including phenoxy) is 2. The lowest BCUT2D eigenvalue weighted by Crippen LogP contribution is -2.11. The monoisotopic (exact) mass is 361 g/mol. The molecule has 1 aliphatic heterocycles. The van der Waals surface area contributed by atoms with Gasteiger partial charge in [-0.3, -0.25) is 0 Å². The van der Waals surface area contributed by atoms with Gasteiger partial charge in [-0.05, 0) is 12.1 Å². The van der Waals surface area contributed by atoms with E-state index < -0.39 is 0 Å². The predicted molar refractivity (Wildman–Crippen MR) is 97.6 cm³/mol. The molecule has 2 heterocycles. The number of halogens is 1. The number of benzene rings is 2. The summed E-state index contributed by atoms with van der Waals surface area (Å²) in [6, 6.07) is 9.78. The van der Waals surface area contributed by atoms with Gasteiger partial charge < -0.3 is 19.4 Å². The number of nitrogens with one attached hydrogen (secondary N) is 1. The molecular formula is C17H16ClN3O2S. The maximum atomic E-state index is 6.38. The Hall–Kier alpha value is -2.05. The topological polar surface area (TPSA) is 50.4 Å². The minimum Gasteiger partial charge on any atom is -0.454 e. The summed E-state index contributed by atoms with van der Waals surface area (Å²) in [5.74, 6) is 2.23. The van der Waals surface area contributed by atoms with Gasteiger partial charge in [-0.2, -0.15) is 0 Å². The van der Waals surface area contributed by atoms with E-state index in [-0.39, 0.29) is 6.79 Å². The highest BCUT2D eigenvalue weighted by molar-refractivity contribution is 7.98. The highest BCUT2D eigenvalue weighted by atomic mass is 35.5. The number of hydrogen-bond donors (Lipinski definition) is 1. The average molecular weight is 362 g/mol. The molecule has 0 aliphatic carbocycles. The number of fused-ring (bicyclic) bond motifs is 2. The summed E-state index contributed by atoms with van der Waals surface area (Å²) < 4.78 is 10.8. The SMILES string of the molecule is CN(C)c1cccc(Cl)c1CSc1nc2cc3c(cc2[nH]1)OCO3. The zero-order chi connectivity index (χ0) is 16.7. The second kappa shape index (κ2) is 6.11. The van der Waals surface area contributed by atoms with Crippen molar-refractivity contribution in [3.63, 3.8) is 0 Å². The van der Waals surface area contributed by atoms with E-state index in [4.69, 9.17) is 21.1 Å². The fraction of sp³-hybridized carbons (Fsp3) is 0.235. The summed E-state index contributed by atoms with van der Waals surface area (Å²) in [7, 11) is 4.03. The fourth-order valence-electron chi connectivity index (χ4n) is 2.69. The first kappa shape index (κ1) is 15.5. The van der Waals surface area contributed by atoms with Crippen molar-refractivity contribution < 1.29 is 9.47 Å². The lowest BCUT2D eigenvalue weighted by Gasteiger charge is -2.18. The number of rotatable bonds is 4. The molecule has 3 aromatic rings. The first-order valence-electron chi connectivity index (χ1n) is 7.48. The van der Waals surface area contributed by atoms with Crippen LogP contribution in [0.5, 0.6) is 11.5 Å². The second-order valence-corrected chi connectivity index (χ2v) is 7.06. The van der Waals surface area contributed by atoms with Gasteiger partial charge in [0, 0.05) is 48.3 Å². The van der Waals surface area contributed by atoms with Gasteiger partial charge in [0.1, 0.15) is 0 Å². The molecule has 24 heavy (non-hydrogen) atoms. The van der Waals surface area contributed by atoms with Gasteiger partial charge in [-0.1, -0.05) is 29.4 Å². The van der Waals surface area contributed by atoms with Crippen LogP contribution in [0.3, 0.4) is 0 Å². The zero-order valence-corrected chi connectivity index (χ0v) is 14.9. The van der Waals surface area contributed by atoms with E-state index >= 15 is 0 Å². The normalized spacial score (nSPS) is 12.8. The average Bonchev–Trinajstić information content (AvgIpc) is 3.16. The molecular weight excluding hydrogens is 346 g/mol. The third kappa shape index (κ3) is 2.76. The third-order valence-corrected chi connectivity index (χ3v) is 5.14. The number of aromatic nitrogens is 2. The van der Waals surface area contributed by atoms with Crippen molar-refractivity contribution >= 4 is 40.1 Å². The maximum absolute atomic E-state index is 6.38. The third-order valence-electron chi connectivity index (χ3n) is 3.88. The predicted octanol–water partition coefficient (Wildman–Crippen LogP) is 4.30. The molecule has 0 saturated heterocycles. The van der Waals surface area contributed by atoms with E-state index in [2.05, 4.69) is 20.9 Å². The number of anilines is 1.